The lowest BCUT2D eigenvalue weighted by Crippen LogP contribution is -2.31. The second-order valence-corrected chi connectivity index (χ2v) is 6.55. The molecule has 1 N–H and O–H groups in total. The maximum Gasteiger partial charge on any atom is 0.142 e. The van der Waals surface area contributed by atoms with Crippen molar-refractivity contribution in [1.29, 1.82) is 0 Å². The van der Waals surface area contributed by atoms with Crippen molar-refractivity contribution < 1.29 is 4.39 Å². The predicted octanol–water partition coefficient (Wildman–Crippen LogP) is 5.07. The summed E-state index contributed by atoms with van der Waals surface area (Å²) >= 11 is 3.30. The average Bonchev–Trinajstić information content (AvgIpc) is 2.41. The molecule has 1 atom stereocenters. The summed E-state index contributed by atoms with van der Waals surface area (Å²) in [5.74, 6) is 1.28. The number of hydrogen-bond donors (Lipinski definition) is 1. The van der Waals surface area contributed by atoms with Gasteiger partial charge >= 0.3 is 0 Å². The molecule has 0 spiro atoms. The van der Waals surface area contributed by atoms with Crippen LogP contribution in [0.4, 0.5) is 4.39 Å². The molecule has 1 aromatic carbocycles. The Morgan fingerprint density at radius 3 is 2.63 bits per heavy atom. The largest absolute Gasteiger partial charge is 0.310 e. The normalized spacial score (nSPS) is 25.3. The van der Waals surface area contributed by atoms with Gasteiger partial charge in [0.2, 0.25) is 0 Å². The first-order chi connectivity index (χ1) is 9.13. The SMILES string of the molecule is CCNC(c1cccc(Br)c1F)C1CCC(C)CC1. The summed E-state index contributed by atoms with van der Waals surface area (Å²) in [4.78, 5) is 0. The van der Waals surface area contributed by atoms with Gasteiger partial charge in [-0.1, -0.05) is 38.8 Å². The standard InChI is InChI=1S/C16H23BrFN/c1-3-19-16(12-9-7-11(2)8-10-12)13-5-4-6-14(17)15(13)18/h4-6,11-12,16,19H,3,7-10H2,1-2H3. The molecule has 106 valence electrons. The third-order valence-electron chi connectivity index (χ3n) is 4.27. The van der Waals surface area contributed by atoms with Gasteiger partial charge in [0.15, 0.2) is 0 Å². The van der Waals surface area contributed by atoms with E-state index in [4.69, 9.17) is 0 Å². The number of nitrogens with one attached hydrogen (secondary N) is 1. The van der Waals surface area contributed by atoms with E-state index in [1.54, 1.807) is 6.07 Å². The Morgan fingerprint density at radius 1 is 1.32 bits per heavy atom. The third kappa shape index (κ3) is 3.57. The molecule has 0 aliphatic heterocycles. The number of rotatable bonds is 4. The maximum absolute atomic E-state index is 14.3. The van der Waals surface area contributed by atoms with Gasteiger partial charge in [0, 0.05) is 11.6 Å². The minimum Gasteiger partial charge on any atom is -0.310 e. The lowest BCUT2D eigenvalue weighted by Gasteiger charge is -2.33. The third-order valence-corrected chi connectivity index (χ3v) is 4.88. The van der Waals surface area contributed by atoms with E-state index in [1.807, 2.05) is 12.1 Å². The van der Waals surface area contributed by atoms with Gasteiger partial charge in [0.25, 0.3) is 0 Å². The van der Waals surface area contributed by atoms with E-state index in [9.17, 15) is 4.39 Å². The van der Waals surface area contributed by atoms with Crippen LogP contribution < -0.4 is 5.32 Å². The molecule has 0 saturated heterocycles. The summed E-state index contributed by atoms with van der Waals surface area (Å²) in [5.41, 5.74) is 0.816. The van der Waals surface area contributed by atoms with Crippen LogP contribution in [-0.2, 0) is 0 Å². The van der Waals surface area contributed by atoms with Gasteiger partial charge in [-0.25, -0.2) is 4.39 Å². The molecule has 0 heterocycles. The molecule has 0 bridgehead atoms. The maximum atomic E-state index is 14.3. The zero-order valence-corrected chi connectivity index (χ0v) is 13.3. The van der Waals surface area contributed by atoms with Gasteiger partial charge in [0.1, 0.15) is 5.82 Å². The second-order valence-electron chi connectivity index (χ2n) is 5.70. The number of benzene rings is 1. The zero-order chi connectivity index (χ0) is 13.8. The van der Waals surface area contributed by atoms with Crippen LogP contribution in [0.2, 0.25) is 0 Å². The number of halogens is 2. The molecule has 19 heavy (non-hydrogen) atoms. The van der Waals surface area contributed by atoms with Crippen molar-refractivity contribution in [3.05, 3.63) is 34.1 Å². The molecule has 2 rings (SSSR count). The lowest BCUT2D eigenvalue weighted by atomic mass is 9.77. The molecule has 1 fully saturated rings. The van der Waals surface area contributed by atoms with E-state index in [1.165, 1.54) is 25.7 Å². The smallest absolute Gasteiger partial charge is 0.142 e. The molecule has 0 radical (unpaired) electrons. The first-order valence-electron chi connectivity index (χ1n) is 7.30. The molecular weight excluding hydrogens is 305 g/mol. The van der Waals surface area contributed by atoms with Crippen LogP contribution in [0.3, 0.4) is 0 Å². The van der Waals surface area contributed by atoms with E-state index in [0.717, 1.165) is 18.0 Å². The first-order valence-corrected chi connectivity index (χ1v) is 8.10. The molecule has 0 amide bonds. The van der Waals surface area contributed by atoms with Gasteiger partial charge in [0.05, 0.1) is 4.47 Å². The Kier molecular flexibility index (Phi) is 5.40. The molecule has 1 aliphatic rings. The zero-order valence-electron chi connectivity index (χ0n) is 11.8. The summed E-state index contributed by atoms with van der Waals surface area (Å²) in [7, 11) is 0. The lowest BCUT2D eigenvalue weighted by molar-refractivity contribution is 0.230. The van der Waals surface area contributed by atoms with E-state index in [0.29, 0.717) is 10.4 Å². The summed E-state index contributed by atoms with van der Waals surface area (Å²) in [6, 6.07) is 5.77. The number of hydrogen-bond acceptors (Lipinski definition) is 1. The molecule has 3 heteroatoms. The Morgan fingerprint density at radius 2 is 2.00 bits per heavy atom. The second kappa shape index (κ2) is 6.85. The van der Waals surface area contributed by atoms with Crippen LogP contribution in [-0.4, -0.2) is 6.54 Å². The fourth-order valence-corrected chi connectivity index (χ4v) is 3.51. The van der Waals surface area contributed by atoms with Crippen LogP contribution in [0.15, 0.2) is 22.7 Å². The van der Waals surface area contributed by atoms with Crippen molar-refractivity contribution in [2.75, 3.05) is 6.54 Å². The van der Waals surface area contributed by atoms with Gasteiger partial charge in [-0.15, -0.1) is 0 Å². The van der Waals surface area contributed by atoms with E-state index in [2.05, 4.69) is 35.1 Å². The fourth-order valence-electron chi connectivity index (χ4n) is 3.13. The van der Waals surface area contributed by atoms with Crippen molar-refractivity contribution in [2.45, 2.75) is 45.6 Å². The van der Waals surface area contributed by atoms with E-state index in [-0.39, 0.29) is 11.9 Å². The Bertz CT molecular complexity index is 413. The van der Waals surface area contributed by atoms with Gasteiger partial charge in [-0.3, -0.25) is 0 Å². The Balaban J connectivity index is 2.22. The summed E-state index contributed by atoms with van der Waals surface area (Å²) < 4.78 is 14.9. The fraction of sp³-hybridized carbons (Fsp3) is 0.625. The topological polar surface area (TPSA) is 12.0 Å². The Labute approximate surface area is 124 Å². The minimum absolute atomic E-state index is 0.105. The predicted molar refractivity (Wildman–Crippen MR) is 81.6 cm³/mol. The highest BCUT2D eigenvalue weighted by molar-refractivity contribution is 9.10. The Hall–Kier alpha value is -0.410. The highest BCUT2D eigenvalue weighted by Gasteiger charge is 2.28. The van der Waals surface area contributed by atoms with E-state index < -0.39 is 0 Å². The van der Waals surface area contributed by atoms with Crippen molar-refractivity contribution >= 4 is 15.9 Å². The van der Waals surface area contributed by atoms with Crippen LogP contribution in [0, 0.1) is 17.7 Å². The average molecular weight is 328 g/mol. The summed E-state index contributed by atoms with van der Waals surface area (Å²) in [6.07, 6.45) is 4.93. The van der Waals surface area contributed by atoms with Crippen LogP contribution in [0.1, 0.15) is 51.1 Å². The molecule has 1 nitrogen and oxygen atoms in total. The monoisotopic (exact) mass is 327 g/mol. The highest BCUT2D eigenvalue weighted by Crippen LogP contribution is 2.38. The van der Waals surface area contributed by atoms with Gasteiger partial charge in [-0.05, 0) is 53.2 Å². The summed E-state index contributed by atoms with van der Waals surface area (Å²) in [6.45, 7) is 5.29. The molecule has 1 aromatic rings. The molecule has 1 saturated carbocycles. The van der Waals surface area contributed by atoms with Gasteiger partial charge < -0.3 is 5.32 Å². The van der Waals surface area contributed by atoms with Crippen molar-refractivity contribution in [3.63, 3.8) is 0 Å². The van der Waals surface area contributed by atoms with E-state index >= 15 is 0 Å². The molecule has 0 aromatic heterocycles. The quantitative estimate of drug-likeness (QED) is 0.814. The van der Waals surface area contributed by atoms with Crippen molar-refractivity contribution in [1.82, 2.24) is 5.32 Å². The van der Waals surface area contributed by atoms with Crippen LogP contribution in [0.5, 0.6) is 0 Å². The molecule has 1 unspecified atom stereocenters. The molecular formula is C16H23BrFN. The van der Waals surface area contributed by atoms with Gasteiger partial charge in [-0.2, -0.15) is 0 Å². The first kappa shape index (κ1) is 15.0. The molecule has 1 aliphatic carbocycles. The highest BCUT2D eigenvalue weighted by atomic mass is 79.9. The van der Waals surface area contributed by atoms with Crippen LogP contribution in [0.25, 0.3) is 0 Å². The minimum atomic E-state index is -0.105. The van der Waals surface area contributed by atoms with Crippen LogP contribution >= 0.6 is 15.9 Å². The van der Waals surface area contributed by atoms with Crippen molar-refractivity contribution in [3.8, 4) is 0 Å². The van der Waals surface area contributed by atoms with Crippen molar-refractivity contribution in [2.24, 2.45) is 11.8 Å². The summed E-state index contributed by atoms with van der Waals surface area (Å²) in [5, 5.41) is 3.49.